The molecule has 0 bridgehead atoms. The van der Waals surface area contributed by atoms with Crippen LogP contribution in [0.25, 0.3) is 0 Å². The second-order valence-corrected chi connectivity index (χ2v) is 9.47. The molecule has 0 aliphatic rings. The van der Waals surface area contributed by atoms with Gasteiger partial charge in [0.15, 0.2) is 0 Å². The second kappa shape index (κ2) is 38.5. The average molecular weight is 502 g/mol. The van der Waals surface area contributed by atoms with Crippen LogP contribution in [-0.2, 0) is 14.9 Å². The molecule has 0 aliphatic carbocycles. The van der Waals surface area contributed by atoms with Gasteiger partial charge >= 0.3 is 5.97 Å². The first-order valence-electron chi connectivity index (χ1n) is 12.7. The summed E-state index contributed by atoms with van der Waals surface area (Å²) >= 11 is 0. The van der Waals surface area contributed by atoms with Crippen molar-refractivity contribution in [2.45, 2.75) is 118 Å². The lowest BCUT2D eigenvalue weighted by atomic mass is 10.1. The van der Waals surface area contributed by atoms with Gasteiger partial charge in [0.25, 0.3) is 10.1 Å². The molecule has 0 amide bonds. The maximum absolute atomic E-state index is 10.00. The molecular weight excluding hydrogens is 442 g/mol. The van der Waals surface area contributed by atoms with Crippen molar-refractivity contribution in [3.8, 4) is 0 Å². The van der Waals surface area contributed by atoms with Crippen molar-refractivity contribution in [2.75, 3.05) is 25.9 Å². The lowest BCUT2D eigenvalue weighted by Crippen LogP contribution is -2.09. The standard InChI is InChI=1S/C14H31N.C4H10O3S.C3H6O2.C2H7N.CH5N/c1-2-3-4-5-6-7-8-9-10-11-12-13-14-15;1-4(2)3-8(5,6)7;1-2-3(4)5;1-2-3;1-2/h2-15H2,1H3;4H,3H2,1-2H3,(H,5,6,7);2H2,1H3,(H,4,5);2-3H2,1H3;2H2,1H3. The first kappa shape index (κ1) is 42.4. The molecule has 8 nitrogen and oxygen atoms in total. The normalized spacial score (nSPS) is 9.79. The topological polar surface area (TPSA) is 170 Å². The van der Waals surface area contributed by atoms with Crippen LogP contribution in [0.2, 0.25) is 0 Å². The van der Waals surface area contributed by atoms with Crippen LogP contribution in [0, 0.1) is 5.92 Å². The molecule has 0 aromatic carbocycles. The number of hydrogen-bond acceptors (Lipinski definition) is 6. The summed E-state index contributed by atoms with van der Waals surface area (Å²) in [5.74, 6) is -0.887. The summed E-state index contributed by atoms with van der Waals surface area (Å²) in [4.78, 5) is 9.37. The van der Waals surface area contributed by atoms with E-state index < -0.39 is 16.1 Å². The van der Waals surface area contributed by atoms with Crippen LogP contribution in [0.15, 0.2) is 0 Å². The molecule has 0 heterocycles. The summed E-state index contributed by atoms with van der Waals surface area (Å²) in [6.07, 6.45) is 17.1. The zero-order chi connectivity index (χ0) is 27.0. The van der Waals surface area contributed by atoms with E-state index in [0.717, 1.165) is 13.1 Å². The Hall–Kier alpha value is -0.740. The molecule has 0 spiro atoms. The summed E-state index contributed by atoms with van der Waals surface area (Å²) < 4.78 is 28.2. The molecule has 0 rings (SSSR count). The number of carboxylic acid groups (broad SMARTS) is 1. The van der Waals surface area contributed by atoms with E-state index >= 15 is 0 Å². The SMILES string of the molecule is CC(C)CS(=O)(=O)O.CCC(=O)O.CCCCCCCCCCCCCCN.CCN.CN. The summed E-state index contributed by atoms with van der Waals surface area (Å²) in [5, 5.41) is 7.72. The number of aliphatic carboxylic acids is 1. The molecule has 9 heteroatoms. The molecule has 0 saturated carbocycles. The van der Waals surface area contributed by atoms with Gasteiger partial charge in [0.2, 0.25) is 0 Å². The third-order valence-electron chi connectivity index (χ3n) is 3.90. The highest BCUT2D eigenvalue weighted by atomic mass is 32.2. The van der Waals surface area contributed by atoms with Crippen LogP contribution in [0.5, 0.6) is 0 Å². The quantitative estimate of drug-likeness (QED) is 0.150. The fourth-order valence-electron chi connectivity index (χ4n) is 2.41. The summed E-state index contributed by atoms with van der Waals surface area (Å²) in [7, 11) is -2.22. The van der Waals surface area contributed by atoms with E-state index in [-0.39, 0.29) is 18.1 Å². The van der Waals surface area contributed by atoms with Crippen molar-refractivity contribution in [1.29, 1.82) is 0 Å². The predicted molar refractivity (Wildman–Crippen MR) is 144 cm³/mol. The zero-order valence-corrected chi connectivity index (χ0v) is 23.5. The van der Waals surface area contributed by atoms with Crippen LogP contribution >= 0.6 is 0 Å². The Kier molecular flexibility index (Phi) is 49.5. The predicted octanol–water partition coefficient (Wildman–Crippen LogP) is 5.20. The summed E-state index contributed by atoms with van der Waals surface area (Å²) in [6.45, 7) is 10.9. The van der Waals surface area contributed by atoms with E-state index in [0.29, 0.717) is 0 Å². The maximum Gasteiger partial charge on any atom is 0.303 e. The van der Waals surface area contributed by atoms with E-state index in [4.69, 9.17) is 21.1 Å². The smallest absolute Gasteiger partial charge is 0.303 e. The molecule has 206 valence electrons. The first-order chi connectivity index (χ1) is 15.5. The van der Waals surface area contributed by atoms with Gasteiger partial charge in [-0.15, -0.1) is 0 Å². The fraction of sp³-hybridized carbons (Fsp3) is 0.958. The number of nitrogens with two attached hydrogens (primary N) is 3. The van der Waals surface area contributed by atoms with Gasteiger partial charge in [0.1, 0.15) is 0 Å². The molecule has 0 aliphatic heterocycles. The maximum atomic E-state index is 10.00. The van der Waals surface area contributed by atoms with Crippen molar-refractivity contribution in [3.05, 3.63) is 0 Å². The number of carboxylic acids is 1. The van der Waals surface area contributed by atoms with E-state index in [1.807, 2.05) is 6.92 Å². The van der Waals surface area contributed by atoms with Crippen molar-refractivity contribution < 1.29 is 22.9 Å². The molecule has 0 radical (unpaired) electrons. The molecular formula is C24H59N3O5S. The van der Waals surface area contributed by atoms with E-state index in [1.54, 1.807) is 20.8 Å². The number of unbranched alkanes of at least 4 members (excludes halogenated alkanes) is 11. The van der Waals surface area contributed by atoms with Crippen molar-refractivity contribution >= 4 is 16.1 Å². The molecule has 0 fully saturated rings. The molecule has 8 N–H and O–H groups in total. The highest BCUT2D eigenvalue weighted by Crippen LogP contribution is 2.11. The number of carbonyl (C=O) groups is 1. The second-order valence-electron chi connectivity index (χ2n) is 7.98. The van der Waals surface area contributed by atoms with Crippen LogP contribution in [0.1, 0.15) is 118 Å². The number of hydrogen-bond donors (Lipinski definition) is 5. The lowest BCUT2D eigenvalue weighted by Gasteiger charge is -2.01. The Morgan fingerprint density at radius 3 is 1.18 bits per heavy atom. The summed E-state index contributed by atoms with van der Waals surface area (Å²) in [5.41, 5.74) is 14.8. The molecule has 33 heavy (non-hydrogen) atoms. The highest BCUT2D eigenvalue weighted by molar-refractivity contribution is 7.85. The Morgan fingerprint density at radius 1 is 0.758 bits per heavy atom. The zero-order valence-electron chi connectivity index (χ0n) is 22.7. The average Bonchev–Trinajstić information content (AvgIpc) is 2.73. The van der Waals surface area contributed by atoms with Crippen LogP contribution < -0.4 is 17.2 Å². The Bertz CT molecular complexity index is 422. The van der Waals surface area contributed by atoms with Crippen molar-refractivity contribution in [2.24, 2.45) is 23.1 Å². The Balaban J connectivity index is -0.000000121. The van der Waals surface area contributed by atoms with Gasteiger partial charge in [-0.1, -0.05) is 105 Å². The Labute approximate surface area is 206 Å². The van der Waals surface area contributed by atoms with Gasteiger partial charge < -0.3 is 22.3 Å². The molecule has 0 aromatic rings. The largest absolute Gasteiger partial charge is 0.481 e. The monoisotopic (exact) mass is 501 g/mol. The lowest BCUT2D eigenvalue weighted by molar-refractivity contribution is -0.136. The minimum absolute atomic E-state index is 0.00463. The van der Waals surface area contributed by atoms with Crippen molar-refractivity contribution in [1.82, 2.24) is 0 Å². The minimum atomic E-state index is -3.72. The molecule has 0 unspecified atom stereocenters. The molecule has 0 saturated heterocycles. The summed E-state index contributed by atoms with van der Waals surface area (Å²) in [6, 6.07) is 0. The van der Waals surface area contributed by atoms with Crippen LogP contribution in [0.4, 0.5) is 0 Å². The van der Waals surface area contributed by atoms with Crippen LogP contribution in [-0.4, -0.2) is 49.9 Å². The third-order valence-corrected chi connectivity index (χ3v) is 4.99. The van der Waals surface area contributed by atoms with E-state index in [2.05, 4.69) is 12.7 Å². The van der Waals surface area contributed by atoms with E-state index in [9.17, 15) is 13.2 Å². The van der Waals surface area contributed by atoms with Gasteiger partial charge in [0.05, 0.1) is 5.75 Å². The number of rotatable bonds is 15. The first-order valence-corrected chi connectivity index (χ1v) is 14.3. The molecule has 0 atom stereocenters. The fourth-order valence-corrected chi connectivity index (χ4v) is 3.25. The van der Waals surface area contributed by atoms with Crippen LogP contribution in [0.3, 0.4) is 0 Å². The van der Waals surface area contributed by atoms with Gasteiger partial charge in [-0.3, -0.25) is 9.35 Å². The van der Waals surface area contributed by atoms with Crippen molar-refractivity contribution in [3.63, 3.8) is 0 Å². The Morgan fingerprint density at radius 2 is 1.03 bits per heavy atom. The van der Waals surface area contributed by atoms with Gasteiger partial charge in [-0.2, -0.15) is 8.42 Å². The van der Waals surface area contributed by atoms with E-state index in [1.165, 1.54) is 84.1 Å². The van der Waals surface area contributed by atoms with Gasteiger partial charge in [-0.25, -0.2) is 0 Å². The third kappa shape index (κ3) is 80.3. The highest BCUT2D eigenvalue weighted by Gasteiger charge is 2.06. The van der Waals surface area contributed by atoms with Gasteiger partial charge in [-0.05, 0) is 32.5 Å². The van der Waals surface area contributed by atoms with Gasteiger partial charge in [0, 0.05) is 6.42 Å². The molecule has 0 aromatic heterocycles. The minimum Gasteiger partial charge on any atom is -0.481 e.